The monoisotopic (exact) mass is 590 g/mol. The zero-order valence-electron chi connectivity index (χ0n) is 23.1. The first kappa shape index (κ1) is 35.9. The summed E-state index contributed by atoms with van der Waals surface area (Å²) in [5, 5.41) is 33.4. The summed E-state index contributed by atoms with van der Waals surface area (Å²) in [7, 11) is 0. The van der Waals surface area contributed by atoms with Gasteiger partial charge in [-0.2, -0.15) is 0 Å². The molecule has 0 saturated heterocycles. The Balaban J connectivity index is 0. The van der Waals surface area contributed by atoms with Crippen LogP contribution in [0.4, 0.5) is 0 Å². The molecular weight excluding hydrogens is 535 g/mol. The van der Waals surface area contributed by atoms with Crippen molar-refractivity contribution in [1.82, 2.24) is 0 Å². The van der Waals surface area contributed by atoms with Crippen LogP contribution in [0.5, 0.6) is 0 Å². The molecule has 0 aliphatic carbocycles. The van der Waals surface area contributed by atoms with E-state index in [0.717, 1.165) is 76.0 Å². The number of carbonyl (C=O) groups excluding carboxylic acids is 2. The van der Waals surface area contributed by atoms with Crippen molar-refractivity contribution in [3.05, 3.63) is 0 Å². The summed E-state index contributed by atoms with van der Waals surface area (Å²) in [6.45, 7) is 13.6. The molecule has 5 nitrogen and oxygen atoms in total. The van der Waals surface area contributed by atoms with Gasteiger partial charge in [-0.1, -0.05) is 90.9 Å². The van der Waals surface area contributed by atoms with Gasteiger partial charge in [0.15, 0.2) is 0 Å². The van der Waals surface area contributed by atoms with E-state index < -0.39 is 23.5 Å². The molecule has 1 N–H and O–H groups in total. The van der Waals surface area contributed by atoms with Gasteiger partial charge in [-0.05, 0) is 12.8 Å². The van der Waals surface area contributed by atoms with Gasteiger partial charge in [0.1, 0.15) is 5.60 Å². The molecule has 0 spiro atoms. The predicted molar refractivity (Wildman–Crippen MR) is 139 cm³/mol. The van der Waals surface area contributed by atoms with Crippen molar-refractivity contribution in [2.24, 2.45) is 17.8 Å². The quantitative estimate of drug-likeness (QED) is 0.147. The number of aliphatic carboxylic acids is 2. The van der Waals surface area contributed by atoms with Crippen LogP contribution < -0.4 is 10.2 Å². The Morgan fingerprint density at radius 1 is 0.735 bits per heavy atom. The fourth-order valence-corrected chi connectivity index (χ4v) is 7.71. The maximum atomic E-state index is 11.5. The van der Waals surface area contributed by atoms with Gasteiger partial charge in [0.2, 0.25) is 0 Å². The van der Waals surface area contributed by atoms with Gasteiger partial charge in [-0.3, -0.25) is 0 Å². The van der Waals surface area contributed by atoms with Crippen LogP contribution in [0, 0.1) is 17.8 Å². The number of hydrogen-bond donors (Lipinski definition) is 1. The molecule has 34 heavy (non-hydrogen) atoms. The molecule has 0 aliphatic rings. The second-order valence-corrected chi connectivity index (χ2v) is 14.4. The number of aliphatic hydroxyl groups is 1. The Hall–Kier alpha value is -0.301. The summed E-state index contributed by atoms with van der Waals surface area (Å²) in [4.78, 5) is 22.9. The molecule has 2 unspecified atom stereocenters. The number of unbranched alkanes of at least 4 members (excludes halogenated alkanes) is 10. The Kier molecular flexibility index (Phi) is 24.4. The van der Waals surface area contributed by atoms with E-state index in [4.69, 9.17) is 0 Å². The van der Waals surface area contributed by atoms with Gasteiger partial charge in [0, 0.05) is 11.9 Å². The minimum absolute atomic E-state index is 0.0709. The van der Waals surface area contributed by atoms with Crippen LogP contribution in [-0.2, 0) is 9.59 Å². The van der Waals surface area contributed by atoms with E-state index in [1.807, 2.05) is 0 Å². The fraction of sp³-hybridized carbons (Fsp3) is 0.929. The SMILES string of the molecule is CC(C)[CH2][Sn+2][CH2]C(C)C.CCCCCCCCC(C(=O)[O-])C(O)(CCCCCCCC)C(=O)[O-]. The van der Waals surface area contributed by atoms with Gasteiger partial charge >= 0.3 is 69.5 Å². The maximum absolute atomic E-state index is 11.5. The van der Waals surface area contributed by atoms with Crippen molar-refractivity contribution in [2.45, 2.75) is 146 Å². The van der Waals surface area contributed by atoms with Crippen LogP contribution in [-0.4, -0.2) is 43.8 Å². The predicted octanol–water partition coefficient (Wildman–Crippen LogP) is 5.17. The summed E-state index contributed by atoms with van der Waals surface area (Å²) in [6.07, 6.45) is 11.4. The number of hydrogen-bond acceptors (Lipinski definition) is 5. The molecule has 0 aliphatic heterocycles. The smallest absolute Gasteiger partial charge is 0.112 e. The molecule has 0 rings (SSSR count). The minimum atomic E-state index is -2.33. The van der Waals surface area contributed by atoms with Crippen molar-refractivity contribution in [3.8, 4) is 0 Å². The first-order valence-corrected chi connectivity index (χ1v) is 17.9. The first-order chi connectivity index (χ1) is 16.0. The van der Waals surface area contributed by atoms with Crippen LogP contribution in [0.1, 0.15) is 131 Å². The van der Waals surface area contributed by atoms with Crippen molar-refractivity contribution in [1.29, 1.82) is 0 Å². The average Bonchev–Trinajstić information content (AvgIpc) is 2.75. The van der Waals surface area contributed by atoms with E-state index in [9.17, 15) is 24.9 Å². The molecule has 0 bridgehead atoms. The third kappa shape index (κ3) is 19.9. The van der Waals surface area contributed by atoms with Crippen molar-refractivity contribution < 1.29 is 24.9 Å². The molecule has 0 amide bonds. The summed E-state index contributed by atoms with van der Waals surface area (Å²) >= 11 is 0.0709. The van der Waals surface area contributed by atoms with Crippen LogP contribution in [0.25, 0.3) is 0 Å². The number of rotatable bonds is 21. The van der Waals surface area contributed by atoms with Gasteiger partial charge in [-0.25, -0.2) is 0 Å². The van der Waals surface area contributed by atoms with E-state index in [0.29, 0.717) is 12.8 Å². The minimum Gasteiger partial charge on any atom is -0.550 e. The van der Waals surface area contributed by atoms with Gasteiger partial charge < -0.3 is 24.9 Å². The molecule has 0 aromatic carbocycles. The van der Waals surface area contributed by atoms with E-state index in [2.05, 4.69) is 41.5 Å². The first-order valence-electron chi connectivity index (χ1n) is 13.9. The Bertz CT molecular complexity index is 487. The van der Waals surface area contributed by atoms with Crippen molar-refractivity contribution >= 4 is 33.1 Å². The molecule has 0 aromatic heterocycles. The molecule has 200 valence electrons. The molecule has 0 saturated carbocycles. The van der Waals surface area contributed by atoms with Crippen molar-refractivity contribution in [2.75, 3.05) is 0 Å². The number of carboxylic acids is 2. The third-order valence-corrected chi connectivity index (χ3v) is 12.4. The average molecular weight is 589 g/mol. The van der Waals surface area contributed by atoms with E-state index in [-0.39, 0.29) is 34.0 Å². The number of carboxylic acid groups (broad SMARTS) is 2. The second kappa shape index (κ2) is 23.1. The van der Waals surface area contributed by atoms with Gasteiger partial charge in [0.25, 0.3) is 0 Å². The molecule has 2 atom stereocenters. The van der Waals surface area contributed by atoms with Crippen LogP contribution in [0.3, 0.4) is 0 Å². The Morgan fingerprint density at radius 2 is 1.15 bits per heavy atom. The Labute approximate surface area is 221 Å². The zero-order valence-corrected chi connectivity index (χ0v) is 26.0. The summed E-state index contributed by atoms with van der Waals surface area (Å²) < 4.78 is 3.14. The Morgan fingerprint density at radius 3 is 1.53 bits per heavy atom. The molecule has 0 heterocycles. The van der Waals surface area contributed by atoms with Crippen LogP contribution in [0.15, 0.2) is 0 Å². The third-order valence-electron chi connectivity index (χ3n) is 6.08. The zero-order chi connectivity index (χ0) is 26.4. The molecule has 0 radical (unpaired) electrons. The summed E-state index contributed by atoms with van der Waals surface area (Å²) in [5.41, 5.74) is -2.33. The summed E-state index contributed by atoms with van der Waals surface area (Å²) in [5.74, 6) is -2.66. The molecule has 0 aromatic rings. The molecule has 0 fully saturated rings. The maximum Gasteiger partial charge on any atom is 0.112 e. The van der Waals surface area contributed by atoms with Crippen molar-refractivity contribution in [3.63, 3.8) is 0 Å². The largest absolute Gasteiger partial charge is 0.550 e. The van der Waals surface area contributed by atoms with Gasteiger partial charge in [-0.15, -0.1) is 0 Å². The molecule has 6 heteroatoms. The fourth-order valence-electron chi connectivity index (χ4n) is 3.93. The van der Waals surface area contributed by atoms with Gasteiger partial charge in [0.05, 0.1) is 5.97 Å². The van der Waals surface area contributed by atoms with E-state index in [1.54, 1.807) is 8.87 Å². The van der Waals surface area contributed by atoms with Crippen LogP contribution >= 0.6 is 0 Å². The molecular formula is C28H54O5Sn. The van der Waals surface area contributed by atoms with Crippen LogP contribution in [0.2, 0.25) is 8.87 Å². The number of carbonyl (C=O) groups is 2. The second-order valence-electron chi connectivity index (χ2n) is 10.6. The topological polar surface area (TPSA) is 100 Å². The van der Waals surface area contributed by atoms with E-state index >= 15 is 0 Å². The standard InChI is InChI=1S/C20H38O5.2C4H9.Sn/c1-3-5-7-9-11-13-15-17(18(21)22)20(25,19(23)24)16-14-12-10-8-6-4-2;2*1-4(2)3;/h17,25H,3-16H2,1-2H3,(H,21,22)(H,23,24);2*4H,1H2,2-3H3;/q;;;+2/p-2. The normalized spacial score (nSPS) is 13.7. The summed E-state index contributed by atoms with van der Waals surface area (Å²) in [6, 6.07) is 0. The van der Waals surface area contributed by atoms with E-state index in [1.165, 1.54) is 0 Å².